The van der Waals surface area contributed by atoms with Crippen LogP contribution in [-0.4, -0.2) is 11.8 Å². The molecule has 1 fully saturated rings. The normalized spacial score (nSPS) is 19.2. The monoisotopic (exact) mass is 456 g/mol. The van der Waals surface area contributed by atoms with Gasteiger partial charge < -0.3 is 4.74 Å². The van der Waals surface area contributed by atoms with Crippen molar-refractivity contribution in [2.24, 2.45) is 11.8 Å². The molecule has 4 heteroatoms. The summed E-state index contributed by atoms with van der Waals surface area (Å²) in [7, 11) is 0. The topological polar surface area (TPSA) is 43.4 Å². The molecule has 0 aromatic heterocycles. The van der Waals surface area contributed by atoms with Crippen LogP contribution >= 0.6 is 0 Å². The largest absolute Gasteiger partial charge is 0.454 e. The van der Waals surface area contributed by atoms with Crippen molar-refractivity contribution in [2.45, 2.75) is 52.1 Å². The SMILES string of the molecule is CC(=O)[C@@H](C)[C@H](c1ccc2c(c1)C[C@@H](c1ccc(-c3cc(C)ccc3F)cc1)OC2=O)C1CC1. The van der Waals surface area contributed by atoms with Gasteiger partial charge in [0.05, 0.1) is 5.56 Å². The molecule has 0 bridgehead atoms. The summed E-state index contributed by atoms with van der Waals surface area (Å²) in [6.07, 6.45) is 2.49. The summed E-state index contributed by atoms with van der Waals surface area (Å²) in [5.74, 6) is 0.326. The first-order valence-corrected chi connectivity index (χ1v) is 12.0. The molecule has 3 nitrogen and oxygen atoms in total. The summed E-state index contributed by atoms with van der Waals surface area (Å²) in [4.78, 5) is 24.9. The third-order valence-electron chi connectivity index (χ3n) is 7.41. The van der Waals surface area contributed by atoms with Crippen molar-refractivity contribution in [3.05, 3.63) is 94.3 Å². The molecule has 1 saturated carbocycles. The Labute approximate surface area is 200 Å². The van der Waals surface area contributed by atoms with E-state index in [1.807, 2.05) is 56.3 Å². The fourth-order valence-corrected chi connectivity index (χ4v) is 5.22. The van der Waals surface area contributed by atoms with E-state index >= 15 is 0 Å². The van der Waals surface area contributed by atoms with Crippen LogP contribution in [0.1, 0.15) is 71.3 Å². The number of rotatable bonds is 6. The minimum atomic E-state index is -0.392. The molecule has 0 amide bonds. The maximum absolute atomic E-state index is 14.3. The first-order valence-electron chi connectivity index (χ1n) is 12.0. The summed E-state index contributed by atoms with van der Waals surface area (Å²) in [6.45, 7) is 5.62. The average Bonchev–Trinajstić information content (AvgIpc) is 3.66. The van der Waals surface area contributed by atoms with Gasteiger partial charge in [-0.15, -0.1) is 0 Å². The van der Waals surface area contributed by atoms with Crippen LogP contribution in [0.3, 0.4) is 0 Å². The Morgan fingerprint density at radius 2 is 1.74 bits per heavy atom. The quantitative estimate of drug-likeness (QED) is 0.376. The fraction of sp³-hybridized carbons (Fsp3) is 0.333. The van der Waals surface area contributed by atoms with Crippen LogP contribution in [0, 0.1) is 24.6 Å². The van der Waals surface area contributed by atoms with Gasteiger partial charge in [0, 0.05) is 17.9 Å². The zero-order valence-corrected chi connectivity index (χ0v) is 19.8. The third kappa shape index (κ3) is 4.29. The molecule has 3 aromatic carbocycles. The smallest absolute Gasteiger partial charge is 0.339 e. The number of hydrogen-bond acceptors (Lipinski definition) is 3. The zero-order chi connectivity index (χ0) is 24.0. The Morgan fingerprint density at radius 1 is 1.00 bits per heavy atom. The van der Waals surface area contributed by atoms with Crippen molar-refractivity contribution in [2.75, 3.05) is 0 Å². The van der Waals surface area contributed by atoms with Gasteiger partial charge in [-0.3, -0.25) is 4.79 Å². The van der Waals surface area contributed by atoms with Crippen LogP contribution in [0.25, 0.3) is 11.1 Å². The highest BCUT2D eigenvalue weighted by atomic mass is 19.1. The molecule has 3 atom stereocenters. The number of ether oxygens (including phenoxy) is 1. The average molecular weight is 457 g/mol. The predicted molar refractivity (Wildman–Crippen MR) is 130 cm³/mol. The molecule has 1 aliphatic heterocycles. The molecule has 0 N–H and O–H groups in total. The molecule has 2 aliphatic rings. The van der Waals surface area contributed by atoms with E-state index < -0.39 is 6.10 Å². The Balaban J connectivity index is 1.42. The number of Topliss-reactive ketones (excluding diaryl/α,β-unsaturated/α-hetero) is 1. The van der Waals surface area contributed by atoms with Gasteiger partial charge >= 0.3 is 5.97 Å². The summed E-state index contributed by atoms with van der Waals surface area (Å²) < 4.78 is 20.1. The third-order valence-corrected chi connectivity index (χ3v) is 7.41. The number of carbonyl (C=O) groups is 2. The number of halogens is 1. The highest BCUT2D eigenvalue weighted by molar-refractivity contribution is 5.92. The van der Waals surface area contributed by atoms with E-state index in [2.05, 4.69) is 6.07 Å². The summed E-state index contributed by atoms with van der Waals surface area (Å²) in [6, 6.07) is 18.6. The van der Waals surface area contributed by atoms with Gasteiger partial charge in [0.15, 0.2) is 0 Å². The number of ketones is 1. The molecule has 174 valence electrons. The minimum Gasteiger partial charge on any atom is -0.454 e. The van der Waals surface area contributed by atoms with Crippen LogP contribution in [0.4, 0.5) is 4.39 Å². The minimum absolute atomic E-state index is 0.0357. The second kappa shape index (κ2) is 8.83. The Kier molecular flexibility index (Phi) is 5.85. The summed E-state index contributed by atoms with van der Waals surface area (Å²) in [5.41, 5.74) is 5.95. The molecule has 1 aliphatic carbocycles. The van der Waals surface area contributed by atoms with Crippen LogP contribution < -0.4 is 0 Å². The van der Waals surface area contributed by atoms with E-state index in [1.165, 1.54) is 6.07 Å². The van der Waals surface area contributed by atoms with Crippen LogP contribution in [0.5, 0.6) is 0 Å². The highest BCUT2D eigenvalue weighted by Crippen LogP contribution is 2.47. The summed E-state index contributed by atoms with van der Waals surface area (Å²) in [5, 5.41) is 0. The maximum Gasteiger partial charge on any atom is 0.339 e. The second-order valence-electron chi connectivity index (χ2n) is 9.88. The van der Waals surface area contributed by atoms with Gasteiger partial charge in [0.2, 0.25) is 0 Å². The lowest BCUT2D eigenvalue weighted by molar-refractivity contribution is -0.121. The van der Waals surface area contributed by atoms with Crippen LogP contribution in [-0.2, 0) is 16.0 Å². The molecular formula is C30H29FO3. The number of hydrogen-bond donors (Lipinski definition) is 0. The van der Waals surface area contributed by atoms with Crippen molar-refractivity contribution < 1.29 is 18.7 Å². The van der Waals surface area contributed by atoms with Gasteiger partial charge in [-0.1, -0.05) is 55.0 Å². The molecule has 5 rings (SSSR count). The number of carbonyl (C=O) groups excluding carboxylic acids is 2. The van der Waals surface area contributed by atoms with Crippen molar-refractivity contribution in [3.8, 4) is 11.1 Å². The molecular weight excluding hydrogens is 427 g/mol. The van der Waals surface area contributed by atoms with Gasteiger partial charge in [-0.25, -0.2) is 9.18 Å². The molecule has 3 aromatic rings. The van der Waals surface area contributed by atoms with Gasteiger partial charge in [0.25, 0.3) is 0 Å². The molecule has 0 radical (unpaired) electrons. The Morgan fingerprint density at radius 3 is 2.41 bits per heavy atom. The summed E-state index contributed by atoms with van der Waals surface area (Å²) >= 11 is 0. The number of cyclic esters (lactones) is 1. The van der Waals surface area contributed by atoms with Crippen molar-refractivity contribution >= 4 is 11.8 Å². The lowest BCUT2D eigenvalue weighted by Gasteiger charge is -2.28. The molecule has 0 unspecified atom stereocenters. The number of esters is 1. The lowest BCUT2D eigenvalue weighted by atomic mass is 9.79. The van der Waals surface area contributed by atoms with Crippen molar-refractivity contribution in [1.29, 1.82) is 0 Å². The number of benzene rings is 3. The first-order chi connectivity index (χ1) is 16.3. The Hall–Kier alpha value is -3.27. The molecule has 34 heavy (non-hydrogen) atoms. The standard InChI is InChI=1S/C30H29FO3/c1-17-4-13-27(31)26(14-17)20-5-7-21(8-6-20)28-16-24-15-23(11-12-25(24)30(33)34-28)29(22-9-10-22)18(2)19(3)32/h4-8,11-15,18,22,28-29H,9-10,16H2,1-3H3/t18-,28+,29+/m1/s1. The van der Waals surface area contributed by atoms with E-state index in [0.717, 1.165) is 40.7 Å². The van der Waals surface area contributed by atoms with Crippen molar-refractivity contribution in [3.63, 3.8) is 0 Å². The van der Waals surface area contributed by atoms with E-state index in [0.29, 0.717) is 23.5 Å². The lowest BCUT2D eigenvalue weighted by Crippen LogP contribution is -2.23. The molecule has 1 heterocycles. The first kappa shape index (κ1) is 22.5. The maximum atomic E-state index is 14.3. The van der Waals surface area contributed by atoms with Crippen molar-refractivity contribution in [1.82, 2.24) is 0 Å². The van der Waals surface area contributed by atoms with E-state index in [4.69, 9.17) is 4.74 Å². The van der Waals surface area contributed by atoms with Crippen LogP contribution in [0.2, 0.25) is 0 Å². The predicted octanol–water partition coefficient (Wildman–Crippen LogP) is 6.97. The number of fused-ring (bicyclic) bond motifs is 1. The zero-order valence-electron chi connectivity index (χ0n) is 19.8. The van der Waals surface area contributed by atoms with Gasteiger partial charge in [-0.05, 0) is 79.0 Å². The van der Waals surface area contributed by atoms with E-state index in [9.17, 15) is 14.0 Å². The van der Waals surface area contributed by atoms with Gasteiger partial charge in [-0.2, -0.15) is 0 Å². The number of aryl methyl sites for hydroxylation is 1. The second-order valence-corrected chi connectivity index (χ2v) is 9.88. The van der Waals surface area contributed by atoms with E-state index in [1.54, 1.807) is 13.0 Å². The molecule has 0 spiro atoms. The van der Waals surface area contributed by atoms with Crippen LogP contribution in [0.15, 0.2) is 60.7 Å². The highest BCUT2D eigenvalue weighted by Gasteiger charge is 2.38. The fourth-order valence-electron chi connectivity index (χ4n) is 5.22. The Bertz CT molecular complexity index is 1260. The van der Waals surface area contributed by atoms with Gasteiger partial charge in [0.1, 0.15) is 17.7 Å². The molecule has 0 saturated heterocycles. The van der Waals surface area contributed by atoms with E-state index in [-0.39, 0.29) is 29.4 Å².